The van der Waals surface area contributed by atoms with Crippen molar-refractivity contribution in [1.29, 1.82) is 0 Å². The minimum Gasteiger partial charge on any atom is -0.392 e. The minimum absolute atomic E-state index is 0.0667. The molecule has 0 fully saturated rings. The lowest BCUT2D eigenvalue weighted by Crippen LogP contribution is -2.01. The Hall–Kier alpha value is -2.07. The van der Waals surface area contributed by atoms with E-state index in [0.717, 1.165) is 16.8 Å². The van der Waals surface area contributed by atoms with Crippen molar-refractivity contribution in [1.82, 2.24) is 4.98 Å². The molecule has 1 aromatic carbocycles. The van der Waals surface area contributed by atoms with Gasteiger partial charge in [0.1, 0.15) is 5.82 Å². The van der Waals surface area contributed by atoms with Crippen LogP contribution in [0.1, 0.15) is 11.1 Å². The maximum absolute atomic E-state index is 9.03. The third-order valence-corrected chi connectivity index (χ3v) is 2.46. The molecule has 0 radical (unpaired) electrons. The van der Waals surface area contributed by atoms with Gasteiger partial charge in [-0.3, -0.25) is 0 Å². The summed E-state index contributed by atoms with van der Waals surface area (Å²) in [6.45, 7) is 0.761. The zero-order chi connectivity index (χ0) is 12.1. The fraction of sp³-hybridized carbons (Fsp3) is 0.154. The van der Waals surface area contributed by atoms with Crippen molar-refractivity contribution in [3.05, 3.63) is 53.7 Å². The number of hydrogen-bond acceptors (Lipinski definition) is 4. The second-order valence-corrected chi connectivity index (χ2v) is 3.80. The number of aromatic nitrogens is 1. The Kier molecular flexibility index (Phi) is 3.57. The Morgan fingerprint density at radius 2 is 2.00 bits per heavy atom. The Labute approximate surface area is 100 Å². The van der Waals surface area contributed by atoms with Crippen LogP contribution < -0.4 is 11.1 Å². The van der Waals surface area contributed by atoms with Gasteiger partial charge in [0.05, 0.1) is 18.5 Å². The van der Waals surface area contributed by atoms with Crippen LogP contribution in [-0.4, -0.2) is 10.1 Å². The Balaban J connectivity index is 1.99. The molecular weight excluding hydrogens is 214 g/mol. The first-order valence-electron chi connectivity index (χ1n) is 5.42. The predicted octanol–water partition coefficient (Wildman–Crippen LogP) is 1.77. The highest BCUT2D eigenvalue weighted by atomic mass is 16.3. The maximum Gasteiger partial charge on any atom is 0.123 e. The zero-order valence-corrected chi connectivity index (χ0v) is 9.43. The van der Waals surface area contributed by atoms with E-state index < -0.39 is 0 Å². The quantitative estimate of drug-likeness (QED) is 0.747. The van der Waals surface area contributed by atoms with Crippen LogP contribution >= 0.6 is 0 Å². The molecule has 1 aromatic heterocycles. The summed E-state index contributed by atoms with van der Waals surface area (Å²) in [4.78, 5) is 4.00. The number of hydrogen-bond donors (Lipinski definition) is 3. The number of nitrogen functional groups attached to an aromatic ring is 1. The van der Waals surface area contributed by atoms with E-state index in [4.69, 9.17) is 10.8 Å². The normalized spacial score (nSPS) is 10.2. The third kappa shape index (κ3) is 3.19. The number of anilines is 2. The van der Waals surface area contributed by atoms with Gasteiger partial charge in [-0.2, -0.15) is 0 Å². The smallest absolute Gasteiger partial charge is 0.123 e. The number of pyridine rings is 1. The lowest BCUT2D eigenvalue weighted by atomic mass is 10.1. The largest absolute Gasteiger partial charge is 0.392 e. The van der Waals surface area contributed by atoms with Crippen LogP contribution in [0.5, 0.6) is 0 Å². The molecule has 0 atom stereocenters. The van der Waals surface area contributed by atoms with Gasteiger partial charge in [-0.25, -0.2) is 4.98 Å². The summed E-state index contributed by atoms with van der Waals surface area (Å²) in [5.41, 5.74) is 8.47. The zero-order valence-electron chi connectivity index (χ0n) is 9.43. The molecule has 2 aromatic rings. The highest BCUT2D eigenvalue weighted by Crippen LogP contribution is 2.10. The second-order valence-electron chi connectivity index (χ2n) is 3.80. The number of nitrogens with one attached hydrogen (secondary N) is 1. The Morgan fingerprint density at radius 1 is 1.18 bits per heavy atom. The molecule has 17 heavy (non-hydrogen) atoms. The Morgan fingerprint density at radius 3 is 2.71 bits per heavy atom. The van der Waals surface area contributed by atoms with E-state index in [9.17, 15) is 0 Å². The highest BCUT2D eigenvalue weighted by Gasteiger charge is 1.96. The molecule has 0 aliphatic heterocycles. The van der Waals surface area contributed by atoms with E-state index in [-0.39, 0.29) is 6.61 Å². The molecule has 4 heteroatoms. The van der Waals surface area contributed by atoms with Crippen LogP contribution in [0.4, 0.5) is 11.5 Å². The van der Waals surface area contributed by atoms with Gasteiger partial charge in [0.2, 0.25) is 0 Å². The lowest BCUT2D eigenvalue weighted by Gasteiger charge is -2.07. The van der Waals surface area contributed by atoms with E-state index in [1.807, 2.05) is 30.3 Å². The van der Waals surface area contributed by atoms with Gasteiger partial charge in [-0.1, -0.05) is 24.3 Å². The molecular formula is C13H15N3O. The molecule has 4 nitrogen and oxygen atoms in total. The molecule has 0 bridgehead atoms. The standard InChI is InChI=1S/C13H15N3O/c14-13-5-4-12(8-16-13)15-7-10-2-1-3-11(6-10)9-17/h1-6,8,15,17H,7,9H2,(H2,14,16). The van der Waals surface area contributed by atoms with Crippen LogP contribution in [0.25, 0.3) is 0 Å². The van der Waals surface area contributed by atoms with Crippen molar-refractivity contribution >= 4 is 11.5 Å². The average Bonchev–Trinajstić information content (AvgIpc) is 2.38. The highest BCUT2D eigenvalue weighted by molar-refractivity contribution is 5.45. The topological polar surface area (TPSA) is 71.2 Å². The summed E-state index contributed by atoms with van der Waals surface area (Å²) in [5.74, 6) is 0.512. The van der Waals surface area contributed by atoms with Crippen LogP contribution in [0, 0.1) is 0 Å². The van der Waals surface area contributed by atoms with Crippen molar-refractivity contribution in [2.45, 2.75) is 13.2 Å². The molecule has 0 amide bonds. The fourth-order valence-electron chi connectivity index (χ4n) is 1.55. The van der Waals surface area contributed by atoms with Gasteiger partial charge in [-0.15, -0.1) is 0 Å². The van der Waals surface area contributed by atoms with E-state index in [0.29, 0.717) is 12.4 Å². The van der Waals surface area contributed by atoms with E-state index in [1.165, 1.54) is 0 Å². The third-order valence-electron chi connectivity index (χ3n) is 2.46. The first-order valence-corrected chi connectivity index (χ1v) is 5.42. The average molecular weight is 229 g/mol. The van der Waals surface area contributed by atoms with Gasteiger partial charge in [-0.05, 0) is 23.3 Å². The first kappa shape index (κ1) is 11.4. The lowest BCUT2D eigenvalue weighted by molar-refractivity contribution is 0.281. The van der Waals surface area contributed by atoms with Crippen molar-refractivity contribution in [2.24, 2.45) is 0 Å². The summed E-state index contributed by atoms with van der Waals surface area (Å²) in [6, 6.07) is 11.5. The first-order chi connectivity index (χ1) is 8.28. The van der Waals surface area contributed by atoms with E-state index >= 15 is 0 Å². The molecule has 0 saturated carbocycles. The summed E-state index contributed by atoms with van der Waals surface area (Å²) in [5, 5.41) is 12.3. The van der Waals surface area contributed by atoms with Crippen molar-refractivity contribution < 1.29 is 5.11 Å². The van der Waals surface area contributed by atoms with Crippen LogP contribution in [0.3, 0.4) is 0 Å². The monoisotopic (exact) mass is 229 g/mol. The van der Waals surface area contributed by atoms with Gasteiger partial charge >= 0.3 is 0 Å². The van der Waals surface area contributed by atoms with Crippen LogP contribution in [-0.2, 0) is 13.2 Å². The summed E-state index contributed by atoms with van der Waals surface area (Å²) >= 11 is 0. The molecule has 0 unspecified atom stereocenters. The van der Waals surface area contributed by atoms with E-state index in [2.05, 4.69) is 10.3 Å². The fourth-order valence-corrected chi connectivity index (χ4v) is 1.55. The minimum atomic E-state index is 0.0667. The molecule has 1 heterocycles. The van der Waals surface area contributed by atoms with Crippen LogP contribution in [0.15, 0.2) is 42.6 Å². The molecule has 88 valence electrons. The number of benzene rings is 1. The van der Waals surface area contributed by atoms with Gasteiger partial charge in [0.25, 0.3) is 0 Å². The molecule has 2 rings (SSSR count). The van der Waals surface area contributed by atoms with Crippen molar-refractivity contribution in [3.63, 3.8) is 0 Å². The van der Waals surface area contributed by atoms with Crippen LogP contribution in [0.2, 0.25) is 0 Å². The van der Waals surface area contributed by atoms with Gasteiger partial charge < -0.3 is 16.2 Å². The molecule has 0 aliphatic carbocycles. The summed E-state index contributed by atoms with van der Waals surface area (Å²) in [7, 11) is 0. The SMILES string of the molecule is Nc1ccc(NCc2cccc(CO)c2)cn1. The van der Waals surface area contributed by atoms with Crippen molar-refractivity contribution in [3.8, 4) is 0 Å². The number of aliphatic hydroxyl groups is 1. The molecule has 0 saturated heterocycles. The number of nitrogens with two attached hydrogens (primary N) is 1. The molecule has 0 aliphatic rings. The van der Waals surface area contributed by atoms with Gasteiger partial charge in [0.15, 0.2) is 0 Å². The number of aliphatic hydroxyl groups excluding tert-OH is 1. The summed E-state index contributed by atoms with van der Waals surface area (Å²) in [6.07, 6.45) is 1.70. The van der Waals surface area contributed by atoms with Gasteiger partial charge in [0, 0.05) is 6.54 Å². The molecule has 0 spiro atoms. The summed E-state index contributed by atoms with van der Waals surface area (Å²) < 4.78 is 0. The van der Waals surface area contributed by atoms with E-state index in [1.54, 1.807) is 12.3 Å². The van der Waals surface area contributed by atoms with Crippen molar-refractivity contribution in [2.75, 3.05) is 11.1 Å². The molecule has 4 N–H and O–H groups in total. The Bertz CT molecular complexity index is 482. The second kappa shape index (κ2) is 5.32. The maximum atomic E-state index is 9.03. The number of nitrogens with zero attached hydrogens (tertiary/aromatic N) is 1. The number of rotatable bonds is 4. The predicted molar refractivity (Wildman–Crippen MR) is 68.3 cm³/mol.